The van der Waals surface area contributed by atoms with Gasteiger partial charge in [-0.3, -0.25) is 0 Å². The molecule has 3 heteroatoms. The van der Waals surface area contributed by atoms with Gasteiger partial charge in [-0.05, 0) is 44.1 Å². The van der Waals surface area contributed by atoms with E-state index in [2.05, 4.69) is 11.9 Å². The summed E-state index contributed by atoms with van der Waals surface area (Å²) in [7, 11) is 2.09. The fourth-order valence-electron chi connectivity index (χ4n) is 1.47. The van der Waals surface area contributed by atoms with Crippen LogP contribution in [0.15, 0.2) is 24.3 Å². The van der Waals surface area contributed by atoms with Crippen LogP contribution in [0.1, 0.15) is 18.4 Å². The highest BCUT2D eigenvalue weighted by molar-refractivity contribution is 6.30. The Bertz CT molecular complexity index is 273. The van der Waals surface area contributed by atoms with Crippen molar-refractivity contribution in [1.29, 1.82) is 0 Å². The van der Waals surface area contributed by atoms with Gasteiger partial charge >= 0.3 is 0 Å². The van der Waals surface area contributed by atoms with Gasteiger partial charge in [0, 0.05) is 18.2 Å². The van der Waals surface area contributed by atoms with E-state index in [4.69, 9.17) is 16.7 Å². The van der Waals surface area contributed by atoms with Crippen LogP contribution in [0.2, 0.25) is 5.02 Å². The van der Waals surface area contributed by atoms with Crippen molar-refractivity contribution in [3.05, 3.63) is 34.9 Å². The number of benzene rings is 1. The maximum absolute atomic E-state index is 8.67. The summed E-state index contributed by atoms with van der Waals surface area (Å²) in [4.78, 5) is 2.25. The van der Waals surface area contributed by atoms with Crippen LogP contribution in [0.5, 0.6) is 0 Å². The van der Waals surface area contributed by atoms with Crippen LogP contribution in [-0.4, -0.2) is 30.2 Å². The van der Waals surface area contributed by atoms with Gasteiger partial charge in [0.1, 0.15) is 0 Å². The predicted molar refractivity (Wildman–Crippen MR) is 64.1 cm³/mol. The van der Waals surface area contributed by atoms with Gasteiger partial charge in [0.2, 0.25) is 0 Å². The molecule has 0 spiro atoms. The molecule has 1 N–H and O–H groups in total. The molecule has 0 atom stereocenters. The van der Waals surface area contributed by atoms with Crippen molar-refractivity contribution < 1.29 is 5.11 Å². The second-order valence-electron chi connectivity index (χ2n) is 3.79. The van der Waals surface area contributed by atoms with Gasteiger partial charge in [-0.25, -0.2) is 0 Å². The van der Waals surface area contributed by atoms with E-state index in [1.54, 1.807) is 0 Å². The minimum absolute atomic E-state index is 0.286. The molecule has 15 heavy (non-hydrogen) atoms. The number of hydrogen-bond donors (Lipinski definition) is 1. The van der Waals surface area contributed by atoms with E-state index in [9.17, 15) is 0 Å². The molecule has 1 aromatic rings. The topological polar surface area (TPSA) is 23.5 Å². The summed E-state index contributed by atoms with van der Waals surface area (Å²) < 4.78 is 0. The molecule has 0 radical (unpaired) electrons. The standard InChI is InChI=1S/C12H18ClNO/c1-14(8-2-3-9-15)10-11-4-6-12(13)7-5-11/h4-7,15H,2-3,8-10H2,1H3. The molecular formula is C12H18ClNO. The molecule has 0 unspecified atom stereocenters. The van der Waals surface area contributed by atoms with E-state index < -0.39 is 0 Å². The molecular weight excluding hydrogens is 210 g/mol. The zero-order valence-electron chi connectivity index (χ0n) is 9.12. The summed E-state index contributed by atoms with van der Waals surface area (Å²) in [6, 6.07) is 7.92. The lowest BCUT2D eigenvalue weighted by Gasteiger charge is -2.16. The molecule has 84 valence electrons. The van der Waals surface area contributed by atoms with Gasteiger partial charge in [0.15, 0.2) is 0 Å². The number of unbranched alkanes of at least 4 members (excludes halogenated alkanes) is 1. The summed E-state index contributed by atoms with van der Waals surface area (Å²) in [5.74, 6) is 0. The van der Waals surface area contributed by atoms with Crippen molar-refractivity contribution in [2.45, 2.75) is 19.4 Å². The largest absolute Gasteiger partial charge is 0.396 e. The highest BCUT2D eigenvalue weighted by Gasteiger charge is 1.99. The first kappa shape index (κ1) is 12.5. The van der Waals surface area contributed by atoms with E-state index in [1.807, 2.05) is 24.3 Å². The van der Waals surface area contributed by atoms with Gasteiger partial charge in [-0.15, -0.1) is 0 Å². The fourth-order valence-corrected chi connectivity index (χ4v) is 1.60. The fraction of sp³-hybridized carbons (Fsp3) is 0.500. The Balaban J connectivity index is 2.31. The van der Waals surface area contributed by atoms with Crippen LogP contribution >= 0.6 is 11.6 Å². The normalized spacial score (nSPS) is 10.9. The third kappa shape index (κ3) is 5.17. The lowest BCUT2D eigenvalue weighted by molar-refractivity contribution is 0.261. The molecule has 1 aromatic carbocycles. The van der Waals surface area contributed by atoms with Gasteiger partial charge in [-0.2, -0.15) is 0 Å². The molecule has 0 bridgehead atoms. The predicted octanol–water partition coefficient (Wildman–Crippen LogP) is 2.54. The number of aliphatic hydroxyl groups excluding tert-OH is 1. The second-order valence-corrected chi connectivity index (χ2v) is 4.23. The summed E-state index contributed by atoms with van der Waals surface area (Å²) in [5, 5.41) is 9.45. The summed E-state index contributed by atoms with van der Waals surface area (Å²) in [6.45, 7) is 2.24. The molecule has 0 fully saturated rings. The Morgan fingerprint density at radius 3 is 2.47 bits per heavy atom. The molecule has 0 aliphatic carbocycles. The SMILES string of the molecule is CN(CCCCO)Cc1ccc(Cl)cc1. The molecule has 1 rings (SSSR count). The van der Waals surface area contributed by atoms with Gasteiger partial charge in [0.25, 0.3) is 0 Å². The van der Waals surface area contributed by atoms with E-state index in [0.29, 0.717) is 0 Å². The first-order valence-corrected chi connectivity index (χ1v) is 5.64. The van der Waals surface area contributed by atoms with Crippen molar-refractivity contribution in [2.24, 2.45) is 0 Å². The molecule has 0 aliphatic heterocycles. The van der Waals surface area contributed by atoms with Crippen LogP contribution in [0.4, 0.5) is 0 Å². The van der Waals surface area contributed by atoms with Crippen molar-refractivity contribution in [1.82, 2.24) is 4.90 Å². The number of rotatable bonds is 6. The lowest BCUT2D eigenvalue weighted by atomic mass is 10.2. The van der Waals surface area contributed by atoms with Crippen molar-refractivity contribution in [3.8, 4) is 0 Å². The molecule has 0 saturated heterocycles. The monoisotopic (exact) mass is 227 g/mol. The van der Waals surface area contributed by atoms with E-state index in [0.717, 1.165) is 31.0 Å². The number of hydrogen-bond acceptors (Lipinski definition) is 2. The molecule has 0 aliphatic rings. The second kappa shape index (κ2) is 6.83. The number of nitrogens with zero attached hydrogens (tertiary/aromatic N) is 1. The van der Waals surface area contributed by atoms with Gasteiger partial charge in [0.05, 0.1) is 0 Å². The quantitative estimate of drug-likeness (QED) is 0.755. The third-order valence-corrected chi connectivity index (χ3v) is 2.57. The first-order chi connectivity index (χ1) is 7.22. The van der Waals surface area contributed by atoms with Gasteiger partial charge < -0.3 is 10.0 Å². The smallest absolute Gasteiger partial charge is 0.0431 e. The highest BCUT2D eigenvalue weighted by Crippen LogP contribution is 2.11. The van der Waals surface area contributed by atoms with Crippen LogP contribution in [0.3, 0.4) is 0 Å². The Morgan fingerprint density at radius 2 is 1.87 bits per heavy atom. The Morgan fingerprint density at radius 1 is 1.20 bits per heavy atom. The number of halogens is 1. The maximum Gasteiger partial charge on any atom is 0.0431 e. The average molecular weight is 228 g/mol. The number of aliphatic hydroxyl groups is 1. The van der Waals surface area contributed by atoms with E-state index >= 15 is 0 Å². The summed E-state index contributed by atoms with van der Waals surface area (Å²) in [6.07, 6.45) is 1.92. The molecule has 0 amide bonds. The van der Waals surface area contributed by atoms with Crippen molar-refractivity contribution in [3.63, 3.8) is 0 Å². The first-order valence-electron chi connectivity index (χ1n) is 5.26. The summed E-state index contributed by atoms with van der Waals surface area (Å²) in [5.41, 5.74) is 1.27. The van der Waals surface area contributed by atoms with Crippen LogP contribution in [0, 0.1) is 0 Å². The Hall–Kier alpha value is -0.570. The van der Waals surface area contributed by atoms with Crippen LogP contribution < -0.4 is 0 Å². The average Bonchev–Trinajstić information content (AvgIpc) is 2.22. The van der Waals surface area contributed by atoms with Crippen LogP contribution in [0.25, 0.3) is 0 Å². The van der Waals surface area contributed by atoms with Crippen molar-refractivity contribution >= 4 is 11.6 Å². The van der Waals surface area contributed by atoms with E-state index in [1.165, 1.54) is 5.56 Å². The minimum atomic E-state index is 0.286. The van der Waals surface area contributed by atoms with Gasteiger partial charge in [-0.1, -0.05) is 23.7 Å². The van der Waals surface area contributed by atoms with E-state index in [-0.39, 0.29) is 6.61 Å². The Kier molecular flexibility index (Phi) is 5.69. The zero-order valence-corrected chi connectivity index (χ0v) is 9.87. The molecule has 0 aromatic heterocycles. The lowest BCUT2D eigenvalue weighted by Crippen LogP contribution is -2.19. The zero-order chi connectivity index (χ0) is 11.1. The third-order valence-electron chi connectivity index (χ3n) is 2.31. The summed E-state index contributed by atoms with van der Waals surface area (Å²) >= 11 is 5.81. The van der Waals surface area contributed by atoms with Crippen LogP contribution in [-0.2, 0) is 6.54 Å². The maximum atomic E-state index is 8.67. The molecule has 0 heterocycles. The molecule has 2 nitrogen and oxygen atoms in total. The minimum Gasteiger partial charge on any atom is -0.396 e. The van der Waals surface area contributed by atoms with Crippen molar-refractivity contribution in [2.75, 3.05) is 20.2 Å². The molecule has 0 saturated carbocycles. The highest BCUT2D eigenvalue weighted by atomic mass is 35.5. The Labute approximate surface area is 96.5 Å².